The Kier molecular flexibility index (Phi) is 7.63. The van der Waals surface area contributed by atoms with Gasteiger partial charge in [-0.05, 0) is 92.2 Å². The Morgan fingerprint density at radius 1 is 1.02 bits per heavy atom. The lowest BCUT2D eigenvalue weighted by Crippen LogP contribution is -2.16. The molecule has 1 aromatic heterocycles. The molecule has 0 unspecified atom stereocenters. The van der Waals surface area contributed by atoms with Crippen LogP contribution < -0.4 is 5.32 Å². The standard InChI is InChI=1S/C39H37N5O3/c1-7-25-20(2)30-18-34-26(12-11-24-10-8-9-15-40-24)21(3)29(42-34)17-31-22(4)27(13-14-36(46)47-6)38(43-31)28-16-35(45)37-23(5)32(44-39(28)37)19-33(25)41-30/h8-10,15,17-19,22,27,43,45H,7,13-14,16H2,1-6H3/t22-,27-/m0/s1. The molecule has 2 N–H and O–H groups in total. The molecule has 6 aliphatic rings. The Bertz CT molecular complexity index is 2060. The first kappa shape index (κ1) is 30.4. The molecule has 236 valence electrons. The Morgan fingerprint density at radius 2 is 1.81 bits per heavy atom. The summed E-state index contributed by atoms with van der Waals surface area (Å²) in [7, 11) is 1.42. The SMILES string of the molecule is CCC1=C(C)C2=NC1=CC1=C(C)C3=C(O)CC(=C4NC(=CC5=NC(=C2)C(C#Cc2ccccn2)=C5C)[C@@H](C)[C@@H]4CCC(=O)OC)C3=N1. The number of nitrogens with one attached hydrogen (secondary N) is 1. The predicted octanol–water partition coefficient (Wildman–Crippen LogP) is 7.06. The first-order valence-corrected chi connectivity index (χ1v) is 16.2. The number of aliphatic hydroxyl groups excluding tert-OH is 1. The maximum Gasteiger partial charge on any atom is 0.305 e. The summed E-state index contributed by atoms with van der Waals surface area (Å²) in [6.45, 7) is 10.5. The zero-order chi connectivity index (χ0) is 33.0. The fourth-order valence-corrected chi connectivity index (χ4v) is 7.20. The molecule has 1 aliphatic carbocycles. The molecule has 0 amide bonds. The van der Waals surface area contributed by atoms with E-state index in [0.29, 0.717) is 24.3 Å². The molecule has 8 bridgehead atoms. The van der Waals surface area contributed by atoms with Crippen molar-refractivity contribution in [3.8, 4) is 11.8 Å². The van der Waals surface area contributed by atoms with Crippen molar-refractivity contribution in [2.75, 3.05) is 7.11 Å². The molecule has 8 heteroatoms. The average molecular weight is 624 g/mol. The summed E-state index contributed by atoms with van der Waals surface area (Å²) >= 11 is 0. The molecule has 0 radical (unpaired) electrons. The number of allylic oxidation sites excluding steroid dienone is 12. The lowest BCUT2D eigenvalue weighted by molar-refractivity contribution is -0.140. The molecule has 1 saturated heterocycles. The van der Waals surface area contributed by atoms with Gasteiger partial charge >= 0.3 is 5.97 Å². The molecule has 5 aliphatic heterocycles. The summed E-state index contributed by atoms with van der Waals surface area (Å²) < 4.78 is 5.00. The number of carbonyl (C=O) groups excluding carboxylic acids is 1. The third-order valence-corrected chi connectivity index (χ3v) is 9.92. The van der Waals surface area contributed by atoms with Crippen LogP contribution in [0.1, 0.15) is 66.0 Å². The molecule has 6 heterocycles. The van der Waals surface area contributed by atoms with Gasteiger partial charge in [0.05, 0.1) is 46.9 Å². The smallest absolute Gasteiger partial charge is 0.305 e. The third-order valence-electron chi connectivity index (χ3n) is 9.92. The number of pyridine rings is 1. The number of methoxy groups -OCH3 is 1. The van der Waals surface area contributed by atoms with Crippen LogP contribution >= 0.6 is 0 Å². The minimum absolute atomic E-state index is 0.00726. The number of ether oxygens (including phenoxy) is 1. The maximum absolute atomic E-state index is 12.3. The lowest BCUT2D eigenvalue weighted by atomic mass is 9.86. The van der Waals surface area contributed by atoms with E-state index in [4.69, 9.17) is 19.7 Å². The van der Waals surface area contributed by atoms with Gasteiger partial charge in [0, 0.05) is 53.4 Å². The molecular formula is C39H37N5O3. The summed E-state index contributed by atoms with van der Waals surface area (Å²) in [5.41, 5.74) is 14.3. The number of aliphatic imine (C=N–C) groups is 3. The molecule has 8 nitrogen and oxygen atoms in total. The predicted molar refractivity (Wildman–Crippen MR) is 184 cm³/mol. The monoisotopic (exact) mass is 623 g/mol. The van der Waals surface area contributed by atoms with E-state index in [1.807, 2.05) is 37.3 Å². The van der Waals surface area contributed by atoms with Crippen LogP contribution in [0.2, 0.25) is 0 Å². The first-order valence-electron chi connectivity index (χ1n) is 16.2. The van der Waals surface area contributed by atoms with Gasteiger partial charge in [0.2, 0.25) is 0 Å². The number of rotatable bonds is 4. The van der Waals surface area contributed by atoms with Gasteiger partial charge in [0.15, 0.2) is 0 Å². The van der Waals surface area contributed by atoms with Crippen molar-refractivity contribution in [1.29, 1.82) is 0 Å². The van der Waals surface area contributed by atoms with Gasteiger partial charge in [-0.2, -0.15) is 0 Å². The van der Waals surface area contributed by atoms with Gasteiger partial charge in [-0.3, -0.25) is 4.79 Å². The van der Waals surface area contributed by atoms with Gasteiger partial charge in [-0.1, -0.05) is 25.8 Å². The van der Waals surface area contributed by atoms with E-state index in [9.17, 15) is 9.90 Å². The van der Waals surface area contributed by atoms with Crippen LogP contribution in [0.3, 0.4) is 0 Å². The fraction of sp³-hybridized carbons (Fsp3) is 0.308. The van der Waals surface area contributed by atoms with Gasteiger partial charge in [0.1, 0.15) is 11.5 Å². The summed E-state index contributed by atoms with van der Waals surface area (Å²) in [4.78, 5) is 32.1. The number of esters is 1. The van der Waals surface area contributed by atoms with Crippen LogP contribution in [-0.4, -0.2) is 40.3 Å². The second-order valence-corrected chi connectivity index (χ2v) is 12.6. The molecule has 7 rings (SSSR count). The minimum Gasteiger partial charge on any atom is -0.511 e. The zero-order valence-electron chi connectivity index (χ0n) is 27.6. The van der Waals surface area contributed by atoms with Gasteiger partial charge in [-0.25, -0.2) is 20.0 Å². The second-order valence-electron chi connectivity index (χ2n) is 12.6. The van der Waals surface area contributed by atoms with Crippen molar-refractivity contribution in [3.05, 3.63) is 122 Å². The summed E-state index contributed by atoms with van der Waals surface area (Å²) in [5.74, 6) is 6.72. The van der Waals surface area contributed by atoms with E-state index < -0.39 is 0 Å². The Labute approximate surface area is 275 Å². The van der Waals surface area contributed by atoms with Crippen LogP contribution in [-0.2, 0) is 9.53 Å². The molecule has 0 spiro atoms. The molecule has 0 aromatic carbocycles. The fourth-order valence-electron chi connectivity index (χ4n) is 7.20. The van der Waals surface area contributed by atoms with E-state index in [0.717, 1.165) is 91.1 Å². The number of hydrogen-bond acceptors (Lipinski definition) is 8. The number of carbonyl (C=O) groups is 1. The summed E-state index contributed by atoms with van der Waals surface area (Å²) in [6.07, 6.45) is 10.00. The van der Waals surface area contributed by atoms with Crippen molar-refractivity contribution < 1.29 is 14.6 Å². The Morgan fingerprint density at radius 3 is 2.55 bits per heavy atom. The van der Waals surface area contributed by atoms with Crippen molar-refractivity contribution in [1.82, 2.24) is 10.3 Å². The van der Waals surface area contributed by atoms with E-state index >= 15 is 0 Å². The third kappa shape index (κ3) is 5.16. The van der Waals surface area contributed by atoms with E-state index in [1.165, 1.54) is 7.11 Å². The number of aromatic nitrogens is 1. The molecule has 1 fully saturated rings. The normalized spacial score (nSPS) is 22.9. The largest absolute Gasteiger partial charge is 0.511 e. The molecule has 0 saturated carbocycles. The minimum atomic E-state index is -0.244. The van der Waals surface area contributed by atoms with Gasteiger partial charge < -0.3 is 15.2 Å². The number of aliphatic hydroxyl groups is 1. The zero-order valence-corrected chi connectivity index (χ0v) is 27.6. The first-order chi connectivity index (χ1) is 22.7. The highest BCUT2D eigenvalue weighted by Crippen LogP contribution is 2.46. The van der Waals surface area contributed by atoms with E-state index in [-0.39, 0.29) is 24.2 Å². The lowest BCUT2D eigenvalue weighted by Gasteiger charge is -2.17. The molecular weight excluding hydrogens is 586 g/mol. The molecule has 1 aromatic rings. The van der Waals surface area contributed by atoms with Gasteiger partial charge in [-0.15, -0.1) is 0 Å². The van der Waals surface area contributed by atoms with Crippen molar-refractivity contribution in [3.63, 3.8) is 0 Å². The number of hydrogen-bond donors (Lipinski definition) is 2. The summed E-state index contributed by atoms with van der Waals surface area (Å²) in [6, 6.07) is 5.70. The van der Waals surface area contributed by atoms with Crippen LogP contribution in [0.5, 0.6) is 0 Å². The van der Waals surface area contributed by atoms with Gasteiger partial charge in [0.25, 0.3) is 0 Å². The van der Waals surface area contributed by atoms with E-state index in [1.54, 1.807) is 6.20 Å². The molecule has 47 heavy (non-hydrogen) atoms. The average Bonchev–Trinajstić information content (AvgIpc) is 3.82. The molecule has 2 atom stereocenters. The number of fused-ring (bicyclic) bond motifs is 5. The quantitative estimate of drug-likeness (QED) is 0.276. The summed E-state index contributed by atoms with van der Waals surface area (Å²) in [5, 5.41) is 15.0. The second kappa shape index (κ2) is 11.8. The topological polar surface area (TPSA) is 109 Å². The van der Waals surface area contributed by atoms with Crippen LogP contribution in [0.25, 0.3) is 0 Å². The Balaban J connectivity index is 1.45. The number of nitrogens with zero attached hydrogens (tertiary/aromatic N) is 4. The van der Waals surface area contributed by atoms with Crippen molar-refractivity contribution in [2.24, 2.45) is 26.8 Å². The highest BCUT2D eigenvalue weighted by Gasteiger charge is 2.41. The van der Waals surface area contributed by atoms with Crippen molar-refractivity contribution >= 4 is 23.1 Å². The maximum atomic E-state index is 12.3. The van der Waals surface area contributed by atoms with Crippen LogP contribution in [0.15, 0.2) is 131 Å². The van der Waals surface area contributed by atoms with E-state index in [2.05, 4.69) is 55.9 Å². The highest BCUT2D eigenvalue weighted by molar-refractivity contribution is 6.21. The highest BCUT2D eigenvalue weighted by atomic mass is 16.5. The van der Waals surface area contributed by atoms with Crippen LogP contribution in [0, 0.1) is 23.7 Å². The van der Waals surface area contributed by atoms with Crippen LogP contribution in [0.4, 0.5) is 0 Å². The Hall–Kier alpha value is -5.29. The van der Waals surface area contributed by atoms with Crippen molar-refractivity contribution in [2.45, 2.75) is 60.3 Å².